The van der Waals surface area contributed by atoms with Gasteiger partial charge in [0.25, 0.3) is 0 Å². The van der Waals surface area contributed by atoms with Crippen molar-refractivity contribution in [2.75, 3.05) is 0 Å². The van der Waals surface area contributed by atoms with Crippen molar-refractivity contribution in [3.05, 3.63) is 239 Å². The smallest absolute Gasteiger partial charge is 0.134 e. The Balaban J connectivity index is 1.05. The number of benzene rings is 9. The molecular weight excluding hydrogens is 703 g/mol. The fraction of sp³-hybridized carbons (Fsp3) is 0.0364. The molecule has 0 saturated heterocycles. The van der Waals surface area contributed by atoms with Gasteiger partial charge in [0.1, 0.15) is 5.84 Å². The van der Waals surface area contributed by atoms with Crippen LogP contribution in [0, 0.1) is 0 Å². The van der Waals surface area contributed by atoms with Gasteiger partial charge in [-0.3, -0.25) is 0 Å². The van der Waals surface area contributed by atoms with Gasteiger partial charge in [-0.15, -0.1) is 0 Å². The van der Waals surface area contributed by atoms with Crippen LogP contribution in [0.15, 0.2) is 205 Å². The van der Waals surface area contributed by atoms with Gasteiger partial charge in [-0.25, -0.2) is 4.99 Å². The number of hydrogen-bond acceptors (Lipinski definition) is 2. The maximum Gasteiger partial charge on any atom is 0.134 e. The van der Waals surface area contributed by atoms with Crippen LogP contribution in [-0.2, 0) is 5.41 Å². The van der Waals surface area contributed by atoms with Crippen LogP contribution in [0.25, 0.3) is 60.5 Å². The van der Waals surface area contributed by atoms with Crippen molar-refractivity contribution in [2.45, 2.75) is 11.5 Å². The van der Waals surface area contributed by atoms with Gasteiger partial charge in [0.05, 0.1) is 28.2 Å². The van der Waals surface area contributed by atoms with Gasteiger partial charge in [0.2, 0.25) is 0 Å². The number of nitrogens with zero attached hydrogens (tertiary/aromatic N) is 2. The summed E-state index contributed by atoms with van der Waals surface area (Å²) in [6, 6.07) is 73.7. The van der Waals surface area contributed by atoms with Crippen molar-refractivity contribution in [1.82, 2.24) is 9.88 Å². The minimum Gasteiger partial charge on any atom is -0.359 e. The molecule has 0 radical (unpaired) electrons. The van der Waals surface area contributed by atoms with Gasteiger partial charge < -0.3 is 9.88 Å². The van der Waals surface area contributed by atoms with Crippen LogP contribution in [0.5, 0.6) is 0 Å². The number of aliphatic imine (C=N–C) groups is 1. The van der Waals surface area contributed by atoms with E-state index in [2.05, 4.69) is 210 Å². The molecule has 1 unspecified atom stereocenters. The van der Waals surface area contributed by atoms with Crippen molar-refractivity contribution in [2.24, 2.45) is 4.99 Å². The average molecular weight is 738 g/mol. The second kappa shape index (κ2) is 11.8. The lowest BCUT2D eigenvalue weighted by Crippen LogP contribution is -2.32. The molecule has 58 heavy (non-hydrogen) atoms. The van der Waals surface area contributed by atoms with Crippen molar-refractivity contribution < 1.29 is 0 Å². The monoisotopic (exact) mass is 737 g/mol. The molecule has 2 heterocycles. The molecule has 13 rings (SSSR count). The highest BCUT2D eigenvalue weighted by Gasteiger charge is 2.51. The zero-order valence-corrected chi connectivity index (χ0v) is 31.5. The fourth-order valence-electron chi connectivity index (χ4n) is 10.8. The van der Waals surface area contributed by atoms with E-state index in [1.807, 2.05) is 0 Å². The Morgan fingerprint density at radius 2 is 1.09 bits per heavy atom. The number of para-hydroxylation sites is 2. The Morgan fingerprint density at radius 3 is 1.90 bits per heavy atom. The standard InChI is InChI=1S/C55H35N3/c1-2-15-34(16-3-1)52-44-23-7-12-27-49(44)56-54(57-52)35-17-14-18-36(33-35)58-50-28-13-8-21-39(50)41-30-29-40-42(53(41)58)31-32-48-51(40)43-22-6-11-26-47(43)55(48)45-24-9-4-19-37(45)38-20-5-10-25-46(38)55/h1-33,52H,(H,56,57). The second-order valence-electron chi connectivity index (χ2n) is 15.8. The first kappa shape index (κ1) is 31.7. The summed E-state index contributed by atoms with van der Waals surface area (Å²) in [5.41, 5.74) is 18.3. The van der Waals surface area contributed by atoms with Crippen molar-refractivity contribution in [3.63, 3.8) is 0 Å². The maximum absolute atomic E-state index is 5.21. The average Bonchev–Trinajstić information content (AvgIpc) is 3.91. The molecule has 0 bridgehead atoms. The molecule has 270 valence electrons. The van der Waals surface area contributed by atoms with Crippen molar-refractivity contribution >= 4 is 44.1 Å². The van der Waals surface area contributed by atoms with Gasteiger partial charge in [-0.1, -0.05) is 176 Å². The van der Waals surface area contributed by atoms with Crippen LogP contribution in [0.4, 0.5) is 5.69 Å². The Bertz CT molecular complexity index is 3340. The van der Waals surface area contributed by atoms with Gasteiger partial charge in [0, 0.05) is 33.0 Å². The third-order valence-corrected chi connectivity index (χ3v) is 13.1. The lowest BCUT2D eigenvalue weighted by Gasteiger charge is -2.30. The Kier molecular flexibility index (Phi) is 6.43. The number of fused-ring (bicyclic) bond motifs is 17. The molecule has 0 fully saturated rings. The SMILES string of the molecule is c1ccc(C2NC(c3cccc(-n4c5ccccc5c5ccc6c7c(ccc6c54)C4(c5ccccc5-c5ccccc54)c4ccccc4-7)c3)=Nc3ccccc32)cc1. The molecule has 1 atom stereocenters. The summed E-state index contributed by atoms with van der Waals surface area (Å²) in [5.74, 6) is 0.872. The van der Waals surface area contributed by atoms with E-state index in [9.17, 15) is 0 Å². The predicted octanol–water partition coefficient (Wildman–Crippen LogP) is 13.1. The lowest BCUT2D eigenvalue weighted by atomic mass is 9.70. The first-order chi connectivity index (χ1) is 28.8. The maximum atomic E-state index is 5.21. The van der Waals surface area contributed by atoms with E-state index < -0.39 is 0 Å². The van der Waals surface area contributed by atoms with Crippen LogP contribution in [0.1, 0.15) is 45.0 Å². The second-order valence-corrected chi connectivity index (χ2v) is 15.8. The van der Waals surface area contributed by atoms with Gasteiger partial charge in [-0.05, 0) is 79.7 Å². The quantitative estimate of drug-likeness (QED) is 0.192. The number of aromatic nitrogens is 1. The topological polar surface area (TPSA) is 29.3 Å². The highest BCUT2D eigenvalue weighted by molar-refractivity contribution is 6.22. The zero-order chi connectivity index (χ0) is 38.0. The van der Waals surface area contributed by atoms with E-state index in [0.717, 1.165) is 22.8 Å². The third kappa shape index (κ3) is 4.10. The summed E-state index contributed by atoms with van der Waals surface area (Å²) in [7, 11) is 0. The molecule has 10 aromatic rings. The Morgan fingerprint density at radius 1 is 0.466 bits per heavy atom. The summed E-state index contributed by atoms with van der Waals surface area (Å²) in [4.78, 5) is 5.21. The zero-order valence-electron chi connectivity index (χ0n) is 31.5. The van der Waals surface area contributed by atoms with Gasteiger partial charge in [-0.2, -0.15) is 0 Å². The molecule has 1 N–H and O–H groups in total. The fourth-order valence-corrected chi connectivity index (χ4v) is 10.8. The van der Waals surface area contributed by atoms with E-state index in [4.69, 9.17) is 4.99 Å². The summed E-state index contributed by atoms with van der Waals surface area (Å²) < 4.78 is 2.48. The number of hydrogen-bond donors (Lipinski definition) is 1. The lowest BCUT2D eigenvalue weighted by molar-refractivity contribution is 0.749. The van der Waals surface area contributed by atoms with Crippen molar-refractivity contribution in [3.8, 4) is 27.9 Å². The molecule has 1 aliphatic heterocycles. The number of amidine groups is 1. The first-order valence-electron chi connectivity index (χ1n) is 20.2. The van der Waals surface area contributed by atoms with Crippen LogP contribution in [0.3, 0.4) is 0 Å². The molecule has 2 aliphatic carbocycles. The van der Waals surface area contributed by atoms with E-state index in [0.29, 0.717) is 0 Å². The molecule has 3 heteroatoms. The molecule has 3 nitrogen and oxygen atoms in total. The highest BCUT2D eigenvalue weighted by atomic mass is 15.1. The number of rotatable bonds is 3. The summed E-state index contributed by atoms with van der Waals surface area (Å²) in [5, 5.41) is 8.85. The third-order valence-electron chi connectivity index (χ3n) is 13.1. The molecule has 9 aromatic carbocycles. The minimum absolute atomic E-state index is 0.00203. The first-order valence-corrected chi connectivity index (χ1v) is 20.2. The molecule has 0 saturated carbocycles. The van der Waals surface area contributed by atoms with Crippen LogP contribution in [-0.4, -0.2) is 10.4 Å². The van der Waals surface area contributed by atoms with E-state index in [-0.39, 0.29) is 11.5 Å². The molecule has 1 spiro atoms. The van der Waals surface area contributed by atoms with E-state index in [1.54, 1.807) is 0 Å². The molecule has 1 aromatic heterocycles. The van der Waals surface area contributed by atoms with E-state index >= 15 is 0 Å². The summed E-state index contributed by atoms with van der Waals surface area (Å²) in [6.45, 7) is 0. The molecular formula is C55H35N3. The highest BCUT2D eigenvalue weighted by Crippen LogP contribution is 2.64. The Hall–Kier alpha value is -7.49. The van der Waals surface area contributed by atoms with Gasteiger partial charge in [0.15, 0.2) is 0 Å². The van der Waals surface area contributed by atoms with E-state index in [1.165, 1.54) is 88.2 Å². The summed E-state index contributed by atoms with van der Waals surface area (Å²) >= 11 is 0. The van der Waals surface area contributed by atoms with Crippen LogP contribution in [0.2, 0.25) is 0 Å². The Labute approximate surface area is 336 Å². The molecule has 3 aliphatic rings. The van der Waals surface area contributed by atoms with Crippen LogP contribution < -0.4 is 5.32 Å². The van der Waals surface area contributed by atoms with Crippen molar-refractivity contribution in [1.29, 1.82) is 0 Å². The predicted molar refractivity (Wildman–Crippen MR) is 239 cm³/mol. The minimum atomic E-state index is -0.382. The largest absolute Gasteiger partial charge is 0.359 e. The number of nitrogens with one attached hydrogen (secondary N) is 1. The summed E-state index contributed by atoms with van der Waals surface area (Å²) in [6.07, 6.45) is 0. The van der Waals surface area contributed by atoms with Crippen LogP contribution >= 0.6 is 0 Å². The normalized spacial score (nSPS) is 15.4. The van der Waals surface area contributed by atoms with Gasteiger partial charge >= 0.3 is 0 Å². The molecule has 0 amide bonds.